The van der Waals surface area contributed by atoms with E-state index < -0.39 is 4.92 Å². The first kappa shape index (κ1) is 14.5. The summed E-state index contributed by atoms with van der Waals surface area (Å²) in [5.74, 6) is 0.977. The van der Waals surface area contributed by atoms with Crippen molar-refractivity contribution in [2.24, 2.45) is 11.8 Å². The Labute approximate surface area is 118 Å². The topological polar surface area (TPSA) is 63.5 Å². The number of piperidine rings is 1. The van der Waals surface area contributed by atoms with Gasteiger partial charge in [-0.15, -0.1) is 0 Å². The Kier molecular flexibility index (Phi) is 4.06. The lowest BCUT2D eigenvalue weighted by Gasteiger charge is -2.35. The van der Waals surface area contributed by atoms with E-state index in [9.17, 15) is 14.9 Å². The van der Waals surface area contributed by atoms with E-state index in [0.29, 0.717) is 23.0 Å². The fourth-order valence-corrected chi connectivity index (χ4v) is 3.00. The highest BCUT2D eigenvalue weighted by Crippen LogP contribution is 2.24. The first-order valence-electron chi connectivity index (χ1n) is 6.92. The van der Waals surface area contributed by atoms with Crippen molar-refractivity contribution in [1.29, 1.82) is 0 Å². The molecule has 1 aromatic carbocycles. The molecule has 1 aromatic rings. The van der Waals surface area contributed by atoms with Crippen LogP contribution in [0.25, 0.3) is 0 Å². The van der Waals surface area contributed by atoms with Gasteiger partial charge in [-0.2, -0.15) is 0 Å². The van der Waals surface area contributed by atoms with Crippen molar-refractivity contribution in [3.8, 4) is 0 Å². The number of likely N-dealkylation sites (tertiary alicyclic amines) is 1. The number of rotatable bonds is 2. The van der Waals surface area contributed by atoms with Crippen molar-refractivity contribution in [2.75, 3.05) is 13.1 Å². The third-order valence-corrected chi connectivity index (χ3v) is 3.80. The summed E-state index contributed by atoms with van der Waals surface area (Å²) < 4.78 is 0. The average molecular weight is 276 g/mol. The summed E-state index contributed by atoms with van der Waals surface area (Å²) in [5, 5.41) is 10.8. The molecular formula is C15H20N2O3. The second-order valence-electron chi connectivity index (χ2n) is 5.91. The van der Waals surface area contributed by atoms with Crippen LogP contribution in [0.3, 0.4) is 0 Å². The lowest BCUT2D eigenvalue weighted by molar-refractivity contribution is -0.385. The van der Waals surface area contributed by atoms with E-state index in [-0.39, 0.29) is 11.6 Å². The SMILES string of the molecule is Cc1cc(C(=O)N2C[C@H](C)C[C@H](C)C2)ccc1[N+](=O)[O-]. The summed E-state index contributed by atoms with van der Waals surface area (Å²) in [6, 6.07) is 4.58. The predicted molar refractivity (Wildman–Crippen MR) is 76.7 cm³/mol. The smallest absolute Gasteiger partial charge is 0.272 e. The molecule has 0 unspecified atom stereocenters. The monoisotopic (exact) mass is 276 g/mol. The predicted octanol–water partition coefficient (Wildman–Crippen LogP) is 3.02. The number of carbonyl (C=O) groups is 1. The Morgan fingerprint density at radius 3 is 2.40 bits per heavy atom. The van der Waals surface area contributed by atoms with E-state index in [1.807, 2.05) is 4.90 Å². The Balaban J connectivity index is 2.21. The molecule has 0 saturated carbocycles. The molecule has 0 aromatic heterocycles. The van der Waals surface area contributed by atoms with E-state index in [1.165, 1.54) is 6.07 Å². The summed E-state index contributed by atoms with van der Waals surface area (Å²) in [7, 11) is 0. The number of hydrogen-bond donors (Lipinski definition) is 0. The molecule has 2 rings (SSSR count). The van der Waals surface area contributed by atoms with Crippen molar-refractivity contribution in [3.63, 3.8) is 0 Å². The number of benzene rings is 1. The molecular weight excluding hydrogens is 256 g/mol. The van der Waals surface area contributed by atoms with Crippen LogP contribution < -0.4 is 0 Å². The van der Waals surface area contributed by atoms with Crippen molar-refractivity contribution >= 4 is 11.6 Å². The van der Waals surface area contributed by atoms with Crippen molar-refractivity contribution in [1.82, 2.24) is 4.90 Å². The van der Waals surface area contributed by atoms with Crippen molar-refractivity contribution < 1.29 is 9.72 Å². The van der Waals surface area contributed by atoms with E-state index in [1.54, 1.807) is 19.1 Å². The second-order valence-corrected chi connectivity index (χ2v) is 5.91. The zero-order valence-corrected chi connectivity index (χ0v) is 12.1. The molecule has 0 N–H and O–H groups in total. The number of carbonyl (C=O) groups excluding carboxylic acids is 1. The van der Waals surface area contributed by atoms with Gasteiger partial charge in [0.1, 0.15) is 0 Å². The largest absolute Gasteiger partial charge is 0.338 e. The minimum Gasteiger partial charge on any atom is -0.338 e. The first-order valence-corrected chi connectivity index (χ1v) is 6.92. The van der Waals surface area contributed by atoms with Gasteiger partial charge in [0, 0.05) is 30.3 Å². The fourth-order valence-electron chi connectivity index (χ4n) is 3.00. The molecule has 20 heavy (non-hydrogen) atoms. The molecule has 0 aliphatic carbocycles. The van der Waals surface area contributed by atoms with Gasteiger partial charge in [-0.25, -0.2) is 0 Å². The molecule has 0 spiro atoms. The molecule has 1 aliphatic heterocycles. The fraction of sp³-hybridized carbons (Fsp3) is 0.533. The number of nitro groups is 1. The average Bonchev–Trinajstić information content (AvgIpc) is 2.36. The van der Waals surface area contributed by atoms with Gasteiger partial charge >= 0.3 is 0 Å². The van der Waals surface area contributed by atoms with Crippen LogP contribution in [0, 0.1) is 28.9 Å². The Morgan fingerprint density at radius 2 is 1.90 bits per heavy atom. The van der Waals surface area contributed by atoms with Crippen LogP contribution >= 0.6 is 0 Å². The van der Waals surface area contributed by atoms with Gasteiger partial charge in [-0.3, -0.25) is 14.9 Å². The van der Waals surface area contributed by atoms with Crippen LogP contribution in [0.4, 0.5) is 5.69 Å². The second kappa shape index (κ2) is 5.61. The molecule has 1 fully saturated rings. The minimum absolute atomic E-state index is 0.0265. The first-order chi connectivity index (χ1) is 9.38. The Bertz CT molecular complexity index is 532. The highest BCUT2D eigenvalue weighted by Gasteiger charge is 2.26. The van der Waals surface area contributed by atoms with Gasteiger partial charge in [-0.05, 0) is 37.3 Å². The quantitative estimate of drug-likeness (QED) is 0.616. The van der Waals surface area contributed by atoms with E-state index >= 15 is 0 Å². The van der Waals surface area contributed by atoms with Crippen LogP contribution in [-0.4, -0.2) is 28.8 Å². The molecule has 0 bridgehead atoms. The number of hydrogen-bond acceptors (Lipinski definition) is 3. The zero-order chi connectivity index (χ0) is 14.9. The van der Waals surface area contributed by atoms with Gasteiger partial charge in [0.2, 0.25) is 0 Å². The maximum absolute atomic E-state index is 12.5. The molecule has 5 nitrogen and oxygen atoms in total. The highest BCUT2D eigenvalue weighted by atomic mass is 16.6. The van der Waals surface area contributed by atoms with Gasteiger partial charge in [-0.1, -0.05) is 13.8 Å². The summed E-state index contributed by atoms with van der Waals surface area (Å²) in [4.78, 5) is 24.7. The highest BCUT2D eigenvalue weighted by molar-refractivity contribution is 5.94. The van der Waals surface area contributed by atoms with Gasteiger partial charge in [0.25, 0.3) is 11.6 Å². The molecule has 108 valence electrons. The molecule has 5 heteroatoms. The van der Waals surface area contributed by atoms with E-state index in [0.717, 1.165) is 19.5 Å². The van der Waals surface area contributed by atoms with Crippen LogP contribution in [0.1, 0.15) is 36.2 Å². The van der Waals surface area contributed by atoms with Gasteiger partial charge in [0.15, 0.2) is 0 Å². The standard InChI is InChI=1S/C15H20N2O3/c1-10-6-11(2)9-16(8-10)15(18)13-4-5-14(17(19)20)12(3)7-13/h4-5,7,10-11H,6,8-9H2,1-3H3/t10-,11+. The minimum atomic E-state index is -0.422. The van der Waals surface area contributed by atoms with Gasteiger partial charge < -0.3 is 4.90 Å². The number of nitro benzene ring substituents is 1. The van der Waals surface area contributed by atoms with E-state index in [2.05, 4.69) is 13.8 Å². The lowest BCUT2D eigenvalue weighted by atomic mass is 9.91. The lowest BCUT2D eigenvalue weighted by Crippen LogP contribution is -2.42. The van der Waals surface area contributed by atoms with Crippen LogP contribution in [-0.2, 0) is 0 Å². The van der Waals surface area contributed by atoms with E-state index in [4.69, 9.17) is 0 Å². The zero-order valence-electron chi connectivity index (χ0n) is 12.1. The third kappa shape index (κ3) is 2.98. The molecule has 1 aliphatic rings. The summed E-state index contributed by atoms with van der Waals surface area (Å²) in [6.45, 7) is 7.49. The van der Waals surface area contributed by atoms with Crippen LogP contribution in [0.2, 0.25) is 0 Å². The normalized spacial score (nSPS) is 22.6. The molecule has 1 amide bonds. The number of nitrogens with zero attached hydrogens (tertiary/aromatic N) is 2. The van der Waals surface area contributed by atoms with Crippen molar-refractivity contribution in [2.45, 2.75) is 27.2 Å². The molecule has 0 radical (unpaired) electrons. The number of amides is 1. The van der Waals surface area contributed by atoms with Crippen LogP contribution in [0.5, 0.6) is 0 Å². The van der Waals surface area contributed by atoms with Gasteiger partial charge in [0.05, 0.1) is 4.92 Å². The molecule has 1 saturated heterocycles. The summed E-state index contributed by atoms with van der Waals surface area (Å²) >= 11 is 0. The molecule has 1 heterocycles. The summed E-state index contributed by atoms with van der Waals surface area (Å²) in [6.07, 6.45) is 1.14. The molecule has 2 atom stereocenters. The van der Waals surface area contributed by atoms with Crippen LogP contribution in [0.15, 0.2) is 18.2 Å². The van der Waals surface area contributed by atoms with Crippen molar-refractivity contribution in [3.05, 3.63) is 39.4 Å². The Hall–Kier alpha value is -1.91. The number of aryl methyl sites for hydroxylation is 1. The Morgan fingerprint density at radius 1 is 1.30 bits per heavy atom. The third-order valence-electron chi connectivity index (χ3n) is 3.80. The maximum Gasteiger partial charge on any atom is 0.272 e. The maximum atomic E-state index is 12.5. The summed E-state index contributed by atoms with van der Waals surface area (Å²) in [5.41, 5.74) is 1.12.